The monoisotopic (exact) mass is 324 g/mol. The van der Waals surface area contributed by atoms with Crippen molar-refractivity contribution >= 4 is 17.5 Å². The minimum Gasteiger partial charge on any atom is -0.494 e. The summed E-state index contributed by atoms with van der Waals surface area (Å²) in [6.07, 6.45) is 3.85. The number of hydrogen-bond donors (Lipinski definition) is 0. The van der Waals surface area contributed by atoms with Crippen molar-refractivity contribution in [1.29, 1.82) is 0 Å². The Morgan fingerprint density at radius 3 is 2.64 bits per heavy atom. The molecule has 122 valence electrons. The lowest BCUT2D eigenvalue weighted by atomic mass is 10.3. The summed E-state index contributed by atoms with van der Waals surface area (Å²) in [6, 6.07) is 7.28. The van der Waals surface area contributed by atoms with Gasteiger partial charge in [0.05, 0.1) is 6.61 Å². The molecule has 1 aromatic carbocycles. The molecule has 0 bridgehead atoms. The second kappa shape index (κ2) is 9.01. The fraction of sp³-hybridized carbons (Fsp3) is 0.588. The maximum absolute atomic E-state index is 12.0. The lowest BCUT2D eigenvalue weighted by molar-refractivity contribution is -0.130. The number of nitrogens with zero attached hydrogens (tertiary/aromatic N) is 2. The molecule has 0 aromatic heterocycles. The summed E-state index contributed by atoms with van der Waals surface area (Å²) in [5, 5.41) is 0.696. The highest BCUT2D eigenvalue weighted by molar-refractivity contribution is 6.30. The van der Waals surface area contributed by atoms with E-state index in [1.54, 1.807) is 12.1 Å². The van der Waals surface area contributed by atoms with Gasteiger partial charge in [0, 0.05) is 31.6 Å². The lowest BCUT2D eigenvalue weighted by Crippen LogP contribution is -2.35. The van der Waals surface area contributed by atoms with Crippen molar-refractivity contribution in [3.05, 3.63) is 29.3 Å². The third kappa shape index (κ3) is 5.85. The third-order valence-electron chi connectivity index (χ3n) is 3.99. The first-order valence-electron chi connectivity index (χ1n) is 8.00. The molecule has 1 aliphatic heterocycles. The molecule has 1 amide bonds. The topological polar surface area (TPSA) is 32.8 Å². The van der Waals surface area contributed by atoms with Crippen LogP contribution in [0.15, 0.2) is 24.3 Å². The molecule has 0 radical (unpaired) electrons. The van der Waals surface area contributed by atoms with Crippen LogP contribution < -0.4 is 4.74 Å². The van der Waals surface area contributed by atoms with Gasteiger partial charge in [-0.3, -0.25) is 4.79 Å². The number of likely N-dealkylation sites (tertiary alicyclic amines) is 1. The molecule has 1 aliphatic rings. The molecule has 4 nitrogen and oxygen atoms in total. The van der Waals surface area contributed by atoms with Crippen LogP contribution >= 0.6 is 11.6 Å². The van der Waals surface area contributed by atoms with Gasteiger partial charge in [0.1, 0.15) is 5.75 Å². The van der Waals surface area contributed by atoms with Crippen LogP contribution in [0.5, 0.6) is 5.75 Å². The molecule has 0 atom stereocenters. The Morgan fingerprint density at radius 2 is 1.95 bits per heavy atom. The molecule has 1 aromatic rings. The minimum absolute atomic E-state index is 0.193. The summed E-state index contributed by atoms with van der Waals surface area (Å²) in [6.45, 7) is 4.71. The number of amides is 1. The fourth-order valence-corrected chi connectivity index (χ4v) is 2.68. The van der Waals surface area contributed by atoms with Gasteiger partial charge in [-0.15, -0.1) is 0 Å². The van der Waals surface area contributed by atoms with Crippen LogP contribution in [0.4, 0.5) is 0 Å². The van der Waals surface area contributed by atoms with Gasteiger partial charge >= 0.3 is 0 Å². The zero-order valence-corrected chi connectivity index (χ0v) is 14.0. The predicted molar refractivity (Wildman–Crippen MR) is 89.5 cm³/mol. The average Bonchev–Trinajstić information content (AvgIpc) is 3.04. The molecule has 0 aliphatic carbocycles. The van der Waals surface area contributed by atoms with Gasteiger partial charge in [-0.25, -0.2) is 0 Å². The summed E-state index contributed by atoms with van der Waals surface area (Å²) < 4.78 is 5.59. The summed E-state index contributed by atoms with van der Waals surface area (Å²) in [5.41, 5.74) is 0. The Hall–Kier alpha value is -1.26. The Bertz CT molecular complexity index is 458. The molecule has 0 spiro atoms. The van der Waals surface area contributed by atoms with E-state index in [1.165, 1.54) is 25.9 Å². The van der Waals surface area contributed by atoms with Crippen molar-refractivity contribution in [3.8, 4) is 5.75 Å². The summed E-state index contributed by atoms with van der Waals surface area (Å²) in [4.78, 5) is 16.3. The summed E-state index contributed by atoms with van der Waals surface area (Å²) in [5.74, 6) is 0.984. The molecule has 2 rings (SSSR count). The maximum Gasteiger partial charge on any atom is 0.222 e. The van der Waals surface area contributed by atoms with E-state index in [0.717, 1.165) is 25.3 Å². The van der Waals surface area contributed by atoms with Crippen LogP contribution in [0.1, 0.15) is 25.7 Å². The first-order valence-corrected chi connectivity index (χ1v) is 8.37. The van der Waals surface area contributed by atoms with Gasteiger partial charge in [0.15, 0.2) is 0 Å². The van der Waals surface area contributed by atoms with Crippen molar-refractivity contribution in [2.45, 2.75) is 25.7 Å². The number of ether oxygens (including phenoxy) is 1. The van der Waals surface area contributed by atoms with Crippen LogP contribution in [0.3, 0.4) is 0 Å². The van der Waals surface area contributed by atoms with E-state index in [1.807, 2.05) is 24.1 Å². The first-order chi connectivity index (χ1) is 10.6. The molecule has 0 N–H and O–H groups in total. The summed E-state index contributed by atoms with van der Waals surface area (Å²) in [7, 11) is 1.89. The molecular weight excluding hydrogens is 300 g/mol. The van der Waals surface area contributed by atoms with Crippen LogP contribution in [-0.4, -0.2) is 55.5 Å². The molecule has 22 heavy (non-hydrogen) atoms. The van der Waals surface area contributed by atoms with E-state index in [-0.39, 0.29) is 5.91 Å². The Balaban J connectivity index is 1.57. The molecule has 1 fully saturated rings. The molecule has 0 saturated carbocycles. The largest absolute Gasteiger partial charge is 0.494 e. The molecule has 5 heteroatoms. The van der Waals surface area contributed by atoms with Gasteiger partial charge in [-0.1, -0.05) is 11.6 Å². The maximum atomic E-state index is 12.0. The first kappa shape index (κ1) is 17.1. The van der Waals surface area contributed by atoms with Gasteiger partial charge in [0.2, 0.25) is 5.91 Å². The second-order valence-corrected chi connectivity index (χ2v) is 6.21. The number of benzene rings is 1. The van der Waals surface area contributed by atoms with Crippen LogP contribution in [0, 0.1) is 0 Å². The van der Waals surface area contributed by atoms with Crippen molar-refractivity contribution in [1.82, 2.24) is 9.80 Å². The van der Waals surface area contributed by atoms with Crippen molar-refractivity contribution in [2.24, 2.45) is 0 Å². The third-order valence-corrected chi connectivity index (χ3v) is 4.25. The van der Waals surface area contributed by atoms with E-state index in [0.29, 0.717) is 18.1 Å². The van der Waals surface area contributed by atoms with Crippen molar-refractivity contribution in [3.63, 3.8) is 0 Å². The normalized spacial score (nSPS) is 15.0. The van der Waals surface area contributed by atoms with E-state index < -0.39 is 0 Å². The van der Waals surface area contributed by atoms with Crippen molar-refractivity contribution < 1.29 is 9.53 Å². The Morgan fingerprint density at radius 1 is 1.27 bits per heavy atom. The van der Waals surface area contributed by atoms with E-state index in [4.69, 9.17) is 16.3 Å². The van der Waals surface area contributed by atoms with E-state index in [2.05, 4.69) is 4.90 Å². The Labute approximate surface area is 138 Å². The van der Waals surface area contributed by atoms with Crippen LogP contribution in [-0.2, 0) is 4.79 Å². The summed E-state index contributed by atoms with van der Waals surface area (Å²) >= 11 is 5.82. The molecular formula is C17H25ClN2O2. The standard InChI is InChI=1S/C17H25ClN2O2/c1-19(12-13-20-10-2-3-11-20)17(21)5-4-14-22-16-8-6-15(18)7-9-16/h6-9H,2-5,10-14H2,1H3. The van der Waals surface area contributed by atoms with Gasteiger partial charge in [0.25, 0.3) is 0 Å². The highest BCUT2D eigenvalue weighted by Gasteiger charge is 2.14. The minimum atomic E-state index is 0.193. The van der Waals surface area contributed by atoms with E-state index in [9.17, 15) is 4.79 Å². The van der Waals surface area contributed by atoms with Crippen molar-refractivity contribution in [2.75, 3.05) is 39.8 Å². The zero-order chi connectivity index (χ0) is 15.8. The number of likely N-dealkylation sites (N-methyl/N-ethyl adjacent to an activating group) is 1. The van der Waals surface area contributed by atoms with Gasteiger partial charge < -0.3 is 14.5 Å². The average molecular weight is 325 g/mol. The van der Waals surface area contributed by atoms with Crippen LogP contribution in [0.25, 0.3) is 0 Å². The second-order valence-electron chi connectivity index (χ2n) is 5.77. The highest BCUT2D eigenvalue weighted by atomic mass is 35.5. The molecule has 1 saturated heterocycles. The molecule has 1 heterocycles. The number of hydrogen-bond acceptors (Lipinski definition) is 3. The predicted octanol–water partition coefficient (Wildman–Crippen LogP) is 3.05. The van der Waals surface area contributed by atoms with E-state index >= 15 is 0 Å². The lowest BCUT2D eigenvalue weighted by Gasteiger charge is -2.21. The number of rotatable bonds is 8. The number of carbonyl (C=O) groups excluding carboxylic acids is 1. The number of halogens is 1. The smallest absolute Gasteiger partial charge is 0.222 e. The van der Waals surface area contributed by atoms with Gasteiger partial charge in [-0.05, 0) is 56.6 Å². The SMILES string of the molecule is CN(CCN1CCCC1)C(=O)CCCOc1ccc(Cl)cc1. The highest BCUT2D eigenvalue weighted by Crippen LogP contribution is 2.15. The Kier molecular flexibility index (Phi) is 7.00. The zero-order valence-electron chi connectivity index (χ0n) is 13.3. The van der Waals surface area contributed by atoms with Crippen LogP contribution in [0.2, 0.25) is 5.02 Å². The molecule has 0 unspecified atom stereocenters. The number of carbonyl (C=O) groups is 1. The quantitative estimate of drug-likeness (QED) is 0.689. The van der Waals surface area contributed by atoms with Gasteiger partial charge in [-0.2, -0.15) is 0 Å². The fourth-order valence-electron chi connectivity index (χ4n) is 2.56.